The predicted molar refractivity (Wildman–Crippen MR) is 105 cm³/mol. The van der Waals surface area contributed by atoms with Crippen LogP contribution in [0.5, 0.6) is 0 Å². The Kier molecular flexibility index (Phi) is 2.66. The summed E-state index contributed by atoms with van der Waals surface area (Å²) >= 11 is 0. The van der Waals surface area contributed by atoms with Crippen LogP contribution in [-0.2, 0) is 5.54 Å². The molecule has 3 heterocycles. The first-order chi connectivity index (χ1) is 11.9. The van der Waals surface area contributed by atoms with Gasteiger partial charge in [0.05, 0.1) is 5.39 Å². The topological polar surface area (TPSA) is 9.03 Å². The Morgan fingerprint density at radius 2 is 1.72 bits per heavy atom. The van der Waals surface area contributed by atoms with Crippen LogP contribution in [-0.4, -0.2) is 4.57 Å². The quantitative estimate of drug-likeness (QED) is 0.326. The summed E-state index contributed by atoms with van der Waals surface area (Å²) in [6.07, 6.45) is 2.33. The minimum absolute atomic E-state index is 0.141. The molecule has 4 aromatic rings. The molecule has 2 heteroatoms. The zero-order valence-electron chi connectivity index (χ0n) is 15.3. The van der Waals surface area contributed by atoms with Crippen molar-refractivity contribution >= 4 is 32.9 Å². The van der Waals surface area contributed by atoms with Crippen molar-refractivity contribution in [2.45, 2.75) is 39.2 Å². The fourth-order valence-corrected chi connectivity index (χ4v) is 4.54. The molecule has 0 saturated heterocycles. The summed E-state index contributed by atoms with van der Waals surface area (Å²) in [5.74, 6) is 0.450. The van der Waals surface area contributed by atoms with Gasteiger partial charge in [-0.2, -0.15) is 4.40 Å². The van der Waals surface area contributed by atoms with Gasteiger partial charge in [-0.05, 0) is 25.5 Å². The highest BCUT2D eigenvalue weighted by Gasteiger charge is 2.42. The van der Waals surface area contributed by atoms with E-state index >= 15 is 0 Å². The molecule has 25 heavy (non-hydrogen) atoms. The van der Waals surface area contributed by atoms with Gasteiger partial charge < -0.3 is 0 Å². The summed E-state index contributed by atoms with van der Waals surface area (Å²) in [5.41, 5.74) is 6.26. The maximum absolute atomic E-state index is 4.51. The van der Waals surface area contributed by atoms with Crippen LogP contribution >= 0.6 is 0 Å². The first-order valence-corrected chi connectivity index (χ1v) is 9.03. The standard InChI is InChI=1S/C23H23N2/c1-14(2)20-13-24-19-12-7-6-9-17(19)18-11-8-10-16-15(3)23(4,5)25(20)22(24)21(16)18/h6-14H,3H2,1-2,4-5H3/q+1. The highest BCUT2D eigenvalue weighted by molar-refractivity contribution is 6.14. The number of fused-ring (bicyclic) bond motifs is 3. The van der Waals surface area contributed by atoms with Gasteiger partial charge in [0.1, 0.15) is 22.9 Å². The molecule has 2 nitrogen and oxygen atoms in total. The number of nitrogens with zero attached hydrogens (tertiary/aromatic N) is 2. The number of rotatable bonds is 1. The molecule has 1 aliphatic rings. The van der Waals surface area contributed by atoms with Crippen LogP contribution in [0.4, 0.5) is 0 Å². The van der Waals surface area contributed by atoms with Gasteiger partial charge in [0.15, 0.2) is 0 Å². The van der Waals surface area contributed by atoms with Gasteiger partial charge in [-0.3, -0.25) is 0 Å². The summed E-state index contributed by atoms with van der Waals surface area (Å²) in [4.78, 5) is 0. The van der Waals surface area contributed by atoms with Crippen molar-refractivity contribution < 1.29 is 4.40 Å². The van der Waals surface area contributed by atoms with Crippen LogP contribution in [0.2, 0.25) is 0 Å². The normalized spacial score (nSPS) is 16.0. The average molecular weight is 327 g/mol. The third-order valence-electron chi connectivity index (χ3n) is 5.92. The smallest absolute Gasteiger partial charge is 0.217 e. The van der Waals surface area contributed by atoms with E-state index in [9.17, 15) is 0 Å². The summed E-state index contributed by atoms with van der Waals surface area (Å²) in [5, 5.41) is 3.95. The Morgan fingerprint density at radius 1 is 1.00 bits per heavy atom. The van der Waals surface area contributed by atoms with Crippen molar-refractivity contribution in [1.82, 2.24) is 4.57 Å². The minimum atomic E-state index is -0.141. The first-order valence-electron chi connectivity index (χ1n) is 9.03. The number of hydrogen-bond acceptors (Lipinski definition) is 0. The minimum Gasteiger partial charge on any atom is -0.217 e. The number of aromatic nitrogens is 2. The Balaban J connectivity index is 2.21. The van der Waals surface area contributed by atoms with Gasteiger partial charge in [-0.1, -0.05) is 56.8 Å². The number of para-hydroxylation sites is 1. The molecule has 0 N–H and O–H groups in total. The molecule has 0 saturated carbocycles. The van der Waals surface area contributed by atoms with Crippen LogP contribution in [0, 0.1) is 0 Å². The monoisotopic (exact) mass is 327 g/mol. The van der Waals surface area contributed by atoms with Crippen molar-refractivity contribution in [3.63, 3.8) is 0 Å². The molecule has 0 radical (unpaired) electrons. The van der Waals surface area contributed by atoms with Gasteiger partial charge in [0.25, 0.3) is 5.65 Å². The lowest BCUT2D eigenvalue weighted by molar-refractivity contribution is -0.479. The molecule has 0 atom stereocenters. The maximum Gasteiger partial charge on any atom is 0.296 e. The van der Waals surface area contributed by atoms with Gasteiger partial charge in [0, 0.05) is 22.3 Å². The Labute approximate surface area is 148 Å². The van der Waals surface area contributed by atoms with E-state index < -0.39 is 0 Å². The van der Waals surface area contributed by atoms with Crippen molar-refractivity contribution in [2.24, 2.45) is 0 Å². The average Bonchev–Trinajstić information content (AvgIpc) is 3.02. The van der Waals surface area contributed by atoms with Crippen LogP contribution < -0.4 is 4.40 Å². The molecular weight excluding hydrogens is 304 g/mol. The number of allylic oxidation sites excluding steroid dienone is 1. The van der Waals surface area contributed by atoms with E-state index in [2.05, 4.69) is 91.9 Å². The molecule has 124 valence electrons. The highest BCUT2D eigenvalue weighted by Crippen LogP contribution is 2.45. The first kappa shape index (κ1) is 14.7. The summed E-state index contributed by atoms with van der Waals surface area (Å²) < 4.78 is 4.91. The number of imidazole rings is 1. The molecule has 0 unspecified atom stereocenters. The third kappa shape index (κ3) is 1.62. The van der Waals surface area contributed by atoms with Gasteiger partial charge in [-0.15, -0.1) is 0 Å². The fourth-order valence-electron chi connectivity index (χ4n) is 4.54. The number of benzene rings is 2. The molecular formula is C23H23N2+. The molecule has 0 fully saturated rings. The SMILES string of the molecule is C=C1c2cccc3c4ccccc4[n+]4cc(C(C)C)n(c4c23)C1(C)C. The zero-order chi connectivity index (χ0) is 17.5. The largest absolute Gasteiger partial charge is 0.296 e. The molecule has 0 bridgehead atoms. The van der Waals surface area contributed by atoms with Crippen molar-refractivity contribution in [3.05, 3.63) is 66.5 Å². The second-order valence-electron chi connectivity index (χ2n) is 8.02. The summed E-state index contributed by atoms with van der Waals surface area (Å²) in [7, 11) is 0. The molecule has 0 spiro atoms. The maximum atomic E-state index is 4.51. The lowest BCUT2D eigenvalue weighted by atomic mass is 9.83. The van der Waals surface area contributed by atoms with E-state index in [0.29, 0.717) is 5.92 Å². The van der Waals surface area contributed by atoms with Crippen molar-refractivity contribution in [1.29, 1.82) is 0 Å². The predicted octanol–water partition coefficient (Wildman–Crippen LogP) is 5.42. The van der Waals surface area contributed by atoms with Crippen LogP contribution in [0.15, 0.2) is 55.2 Å². The molecule has 0 amide bonds. The van der Waals surface area contributed by atoms with E-state index in [1.807, 2.05) is 0 Å². The summed E-state index contributed by atoms with van der Waals surface area (Å²) in [6, 6.07) is 15.4. The van der Waals surface area contributed by atoms with Crippen LogP contribution in [0.3, 0.4) is 0 Å². The van der Waals surface area contributed by atoms with E-state index in [4.69, 9.17) is 0 Å². The summed E-state index contributed by atoms with van der Waals surface area (Å²) in [6.45, 7) is 13.6. The van der Waals surface area contributed by atoms with Crippen LogP contribution in [0.1, 0.15) is 44.9 Å². The van der Waals surface area contributed by atoms with Crippen LogP contribution in [0.25, 0.3) is 32.9 Å². The van der Waals surface area contributed by atoms with Crippen molar-refractivity contribution in [2.75, 3.05) is 0 Å². The van der Waals surface area contributed by atoms with Gasteiger partial charge >= 0.3 is 0 Å². The van der Waals surface area contributed by atoms with E-state index in [0.717, 1.165) is 0 Å². The molecule has 0 aliphatic carbocycles. The van der Waals surface area contributed by atoms with Gasteiger partial charge in [0.2, 0.25) is 0 Å². The van der Waals surface area contributed by atoms with E-state index in [1.165, 1.54) is 44.2 Å². The lowest BCUT2D eigenvalue weighted by Crippen LogP contribution is -2.34. The Hall–Kier alpha value is -2.61. The molecule has 2 aromatic carbocycles. The Morgan fingerprint density at radius 3 is 2.48 bits per heavy atom. The lowest BCUT2D eigenvalue weighted by Gasteiger charge is -2.31. The second kappa shape index (κ2) is 4.51. The molecule has 5 rings (SSSR count). The van der Waals surface area contributed by atoms with E-state index in [-0.39, 0.29) is 5.54 Å². The third-order valence-corrected chi connectivity index (χ3v) is 5.92. The Bertz CT molecular complexity index is 1210. The van der Waals surface area contributed by atoms with E-state index in [1.54, 1.807) is 0 Å². The number of hydrogen-bond donors (Lipinski definition) is 0. The molecule has 1 aliphatic heterocycles. The fraction of sp³-hybridized carbons (Fsp3) is 0.261. The highest BCUT2D eigenvalue weighted by atomic mass is 15.2. The van der Waals surface area contributed by atoms with Crippen molar-refractivity contribution in [3.8, 4) is 0 Å². The van der Waals surface area contributed by atoms with Gasteiger partial charge in [-0.25, -0.2) is 4.57 Å². The molecule has 2 aromatic heterocycles. The second-order valence-corrected chi connectivity index (χ2v) is 8.02. The zero-order valence-corrected chi connectivity index (χ0v) is 15.3. The number of pyridine rings is 1.